The van der Waals surface area contributed by atoms with Crippen LogP contribution in [-0.4, -0.2) is 24.7 Å². The van der Waals surface area contributed by atoms with Crippen LogP contribution in [0.3, 0.4) is 0 Å². The molecule has 3 rings (SSSR count). The number of hydrogen-bond donors (Lipinski definition) is 1. The molecule has 4 nitrogen and oxygen atoms in total. The van der Waals surface area contributed by atoms with E-state index < -0.39 is 0 Å². The summed E-state index contributed by atoms with van der Waals surface area (Å²) in [5.74, 6) is 0.883. The van der Waals surface area contributed by atoms with E-state index in [4.69, 9.17) is 15.5 Å². The quantitative estimate of drug-likeness (QED) is 0.928. The van der Waals surface area contributed by atoms with Gasteiger partial charge in [0, 0.05) is 31.1 Å². The van der Waals surface area contributed by atoms with Crippen molar-refractivity contribution in [3.63, 3.8) is 0 Å². The van der Waals surface area contributed by atoms with Crippen molar-refractivity contribution in [3.8, 4) is 0 Å². The molecule has 2 unspecified atom stereocenters. The van der Waals surface area contributed by atoms with Gasteiger partial charge < -0.3 is 15.4 Å². The lowest BCUT2D eigenvalue weighted by atomic mass is 9.78. The van der Waals surface area contributed by atoms with Crippen molar-refractivity contribution in [2.75, 3.05) is 18.6 Å². The van der Waals surface area contributed by atoms with Crippen LogP contribution in [0.15, 0.2) is 0 Å². The number of fused-ring (bicyclic) bond motifs is 1. The van der Waals surface area contributed by atoms with E-state index in [1.807, 2.05) is 0 Å². The Bertz CT molecular complexity index is 446. The predicted molar refractivity (Wildman–Crippen MR) is 83.0 cm³/mol. The first-order chi connectivity index (χ1) is 9.83. The fraction of sp³-hybridized carbons (Fsp3) is 0.800. The van der Waals surface area contributed by atoms with Crippen LogP contribution in [-0.2, 0) is 17.9 Å². The maximum Gasteiger partial charge on any atom is 0.186 e. The molecule has 112 valence electrons. The summed E-state index contributed by atoms with van der Waals surface area (Å²) in [7, 11) is 1.72. The number of hydrogen-bond acceptors (Lipinski definition) is 5. The van der Waals surface area contributed by atoms with Crippen molar-refractivity contribution >= 4 is 16.5 Å². The molecule has 1 saturated heterocycles. The van der Waals surface area contributed by atoms with Crippen molar-refractivity contribution in [3.05, 3.63) is 10.6 Å². The Balaban J connectivity index is 1.83. The largest absolute Gasteiger partial charge is 0.378 e. The van der Waals surface area contributed by atoms with Crippen molar-refractivity contribution in [2.24, 2.45) is 11.7 Å². The summed E-state index contributed by atoms with van der Waals surface area (Å²) in [4.78, 5) is 8.57. The minimum atomic E-state index is 0.568. The second-order valence-electron chi connectivity index (χ2n) is 5.95. The highest BCUT2D eigenvalue weighted by atomic mass is 32.1. The molecule has 1 aliphatic heterocycles. The van der Waals surface area contributed by atoms with E-state index in [2.05, 4.69) is 4.90 Å². The first-order valence-corrected chi connectivity index (χ1v) is 8.59. The minimum Gasteiger partial charge on any atom is -0.378 e. The van der Waals surface area contributed by atoms with Crippen molar-refractivity contribution in [1.29, 1.82) is 0 Å². The van der Waals surface area contributed by atoms with Crippen LogP contribution in [0.5, 0.6) is 0 Å². The minimum absolute atomic E-state index is 0.568. The van der Waals surface area contributed by atoms with E-state index in [0.29, 0.717) is 19.2 Å². The van der Waals surface area contributed by atoms with Gasteiger partial charge in [-0.25, -0.2) is 4.98 Å². The molecule has 2 fully saturated rings. The van der Waals surface area contributed by atoms with Crippen LogP contribution in [0.4, 0.5) is 5.13 Å². The van der Waals surface area contributed by atoms with Crippen LogP contribution in [0.25, 0.3) is 0 Å². The third-order valence-corrected chi connectivity index (χ3v) is 5.88. The SMILES string of the molecule is COCc1nc(N2CCCC3CCCCC32)sc1CN. The number of aromatic nitrogens is 1. The van der Waals surface area contributed by atoms with Gasteiger partial charge in [0.1, 0.15) is 0 Å². The van der Waals surface area contributed by atoms with Crippen LogP contribution >= 0.6 is 11.3 Å². The first kappa shape index (κ1) is 14.3. The zero-order valence-electron chi connectivity index (χ0n) is 12.3. The number of rotatable bonds is 4. The van der Waals surface area contributed by atoms with E-state index in [1.165, 1.54) is 48.5 Å². The van der Waals surface area contributed by atoms with Gasteiger partial charge in [-0.2, -0.15) is 0 Å². The molecule has 2 heterocycles. The Hall–Kier alpha value is -0.650. The molecule has 2 atom stereocenters. The lowest BCUT2D eigenvalue weighted by molar-refractivity contribution is 0.181. The highest BCUT2D eigenvalue weighted by Crippen LogP contribution is 2.39. The Morgan fingerprint density at radius 2 is 2.10 bits per heavy atom. The van der Waals surface area contributed by atoms with E-state index in [1.54, 1.807) is 18.4 Å². The molecule has 0 spiro atoms. The number of piperidine rings is 1. The number of anilines is 1. The van der Waals surface area contributed by atoms with Crippen LogP contribution in [0.2, 0.25) is 0 Å². The third-order valence-electron chi connectivity index (χ3n) is 4.72. The predicted octanol–water partition coefficient (Wildman–Crippen LogP) is 2.91. The van der Waals surface area contributed by atoms with Gasteiger partial charge in [-0.3, -0.25) is 0 Å². The molecular formula is C15H25N3OS. The van der Waals surface area contributed by atoms with Gasteiger partial charge in [-0.15, -0.1) is 11.3 Å². The fourth-order valence-corrected chi connectivity index (χ4v) is 4.79. The molecule has 1 aromatic heterocycles. The smallest absolute Gasteiger partial charge is 0.186 e. The maximum absolute atomic E-state index is 5.85. The van der Waals surface area contributed by atoms with Gasteiger partial charge in [-0.05, 0) is 31.6 Å². The summed E-state index contributed by atoms with van der Waals surface area (Å²) in [6.45, 7) is 2.30. The highest BCUT2D eigenvalue weighted by Gasteiger charge is 2.34. The molecule has 1 saturated carbocycles. The van der Waals surface area contributed by atoms with Crippen LogP contribution in [0, 0.1) is 5.92 Å². The van der Waals surface area contributed by atoms with Gasteiger partial charge in [0.15, 0.2) is 5.13 Å². The van der Waals surface area contributed by atoms with E-state index >= 15 is 0 Å². The lowest BCUT2D eigenvalue weighted by Crippen LogP contribution is -2.46. The number of nitrogens with zero attached hydrogens (tertiary/aromatic N) is 2. The topological polar surface area (TPSA) is 51.4 Å². The first-order valence-electron chi connectivity index (χ1n) is 7.77. The number of methoxy groups -OCH3 is 1. The van der Waals surface area contributed by atoms with Gasteiger partial charge >= 0.3 is 0 Å². The van der Waals surface area contributed by atoms with E-state index in [-0.39, 0.29) is 0 Å². The average Bonchev–Trinajstić information content (AvgIpc) is 2.90. The summed E-state index contributed by atoms with van der Waals surface area (Å²) < 4.78 is 5.25. The Morgan fingerprint density at radius 3 is 2.90 bits per heavy atom. The van der Waals surface area contributed by atoms with E-state index in [0.717, 1.165) is 18.2 Å². The number of thiazole rings is 1. The van der Waals surface area contributed by atoms with Gasteiger partial charge in [0.25, 0.3) is 0 Å². The van der Waals surface area contributed by atoms with Crippen molar-refractivity contribution < 1.29 is 4.74 Å². The van der Waals surface area contributed by atoms with Crippen molar-refractivity contribution in [1.82, 2.24) is 4.98 Å². The van der Waals surface area contributed by atoms with Crippen molar-refractivity contribution in [2.45, 2.75) is 57.7 Å². The second kappa shape index (κ2) is 6.41. The molecule has 0 radical (unpaired) electrons. The van der Waals surface area contributed by atoms with E-state index in [9.17, 15) is 0 Å². The monoisotopic (exact) mass is 295 g/mol. The van der Waals surface area contributed by atoms with Gasteiger partial charge in [-0.1, -0.05) is 12.8 Å². The summed E-state index contributed by atoms with van der Waals surface area (Å²) in [5, 5.41) is 1.18. The molecule has 0 amide bonds. The zero-order valence-corrected chi connectivity index (χ0v) is 13.1. The molecule has 20 heavy (non-hydrogen) atoms. The number of ether oxygens (including phenoxy) is 1. The molecule has 5 heteroatoms. The molecule has 2 aliphatic rings. The molecule has 1 aliphatic carbocycles. The average molecular weight is 295 g/mol. The summed E-state index contributed by atoms with van der Waals surface area (Å²) >= 11 is 1.77. The second-order valence-corrected chi connectivity index (χ2v) is 7.01. The van der Waals surface area contributed by atoms with Crippen LogP contribution in [0.1, 0.15) is 49.1 Å². The summed E-state index contributed by atoms with van der Waals surface area (Å²) in [6, 6.07) is 0.713. The third kappa shape index (κ3) is 2.71. The molecule has 1 aromatic rings. The zero-order chi connectivity index (χ0) is 13.9. The normalized spacial score (nSPS) is 26.6. The molecule has 2 N–H and O–H groups in total. The summed E-state index contributed by atoms with van der Waals surface area (Å²) in [6.07, 6.45) is 8.23. The van der Waals surface area contributed by atoms with Gasteiger partial charge in [0.2, 0.25) is 0 Å². The fourth-order valence-electron chi connectivity index (χ4n) is 3.76. The highest BCUT2D eigenvalue weighted by molar-refractivity contribution is 7.15. The lowest BCUT2D eigenvalue weighted by Gasteiger charge is -2.44. The Labute approximate surface area is 125 Å². The Kier molecular flexibility index (Phi) is 4.58. The maximum atomic E-state index is 5.85. The summed E-state index contributed by atoms with van der Waals surface area (Å²) in [5.41, 5.74) is 6.89. The standard InChI is InChI=1S/C15H25N3OS/c1-19-10-12-14(9-16)20-15(17-12)18-8-4-6-11-5-2-3-7-13(11)18/h11,13H,2-10,16H2,1H3. The molecular weight excluding hydrogens is 270 g/mol. The van der Waals surface area contributed by atoms with Gasteiger partial charge in [0.05, 0.1) is 12.3 Å². The molecule has 0 aromatic carbocycles. The van der Waals surface area contributed by atoms with Crippen LogP contribution < -0.4 is 10.6 Å². The molecule has 0 bridgehead atoms. The Morgan fingerprint density at radius 1 is 1.30 bits per heavy atom. The number of nitrogens with two attached hydrogens (primary N) is 1.